The summed E-state index contributed by atoms with van der Waals surface area (Å²) in [5.41, 5.74) is 0.612. The van der Waals surface area contributed by atoms with E-state index in [1.54, 1.807) is 13.8 Å². The summed E-state index contributed by atoms with van der Waals surface area (Å²) >= 11 is 4.04. The first-order chi connectivity index (χ1) is 13.1. The molecule has 0 saturated heterocycles. The molecule has 2 rings (SSSR count). The molecule has 1 amide bonds. The lowest BCUT2D eigenvalue weighted by molar-refractivity contribution is -0.390. The second kappa shape index (κ2) is 9.06. The second-order valence-electron chi connectivity index (χ2n) is 5.66. The van der Waals surface area contributed by atoms with E-state index in [9.17, 15) is 24.5 Å². The number of nitrogens with one attached hydrogen (secondary N) is 1. The van der Waals surface area contributed by atoms with E-state index in [1.807, 2.05) is 0 Å². The number of hydrogen-bond donors (Lipinski definition) is 1. The van der Waals surface area contributed by atoms with Crippen molar-refractivity contribution in [3.05, 3.63) is 36.8 Å². The molecule has 1 N–H and O–H groups in total. The first-order valence-corrected chi connectivity index (χ1v) is 9.75. The van der Waals surface area contributed by atoms with E-state index in [0.717, 1.165) is 11.3 Å². The predicted octanol–water partition coefficient (Wildman–Crippen LogP) is 3.33. The Morgan fingerprint density at radius 1 is 1.43 bits per heavy atom. The Kier molecular flexibility index (Phi) is 7.02. The summed E-state index contributed by atoms with van der Waals surface area (Å²) in [6.07, 6.45) is 1.36. The summed E-state index contributed by atoms with van der Waals surface area (Å²) in [6, 6.07) is 0. The Labute approximate surface area is 172 Å². The number of halogens is 1. The summed E-state index contributed by atoms with van der Waals surface area (Å²) in [7, 11) is 0. The number of hydrogen-bond acceptors (Lipinski definition) is 8. The van der Waals surface area contributed by atoms with Crippen LogP contribution in [0.15, 0.2) is 10.7 Å². The first kappa shape index (κ1) is 21.7. The zero-order valence-corrected chi connectivity index (χ0v) is 17.7. The molecule has 28 heavy (non-hydrogen) atoms. The van der Waals surface area contributed by atoms with E-state index >= 15 is 0 Å². The van der Waals surface area contributed by atoms with Gasteiger partial charge in [-0.3, -0.25) is 9.59 Å². The lowest BCUT2D eigenvalue weighted by Crippen LogP contribution is -2.16. The lowest BCUT2D eigenvalue weighted by atomic mass is 10.1. The number of esters is 1. The lowest BCUT2D eigenvalue weighted by Gasteiger charge is -2.06. The van der Waals surface area contributed by atoms with Gasteiger partial charge in [0.25, 0.3) is 0 Å². The van der Waals surface area contributed by atoms with Crippen molar-refractivity contribution in [1.29, 1.82) is 0 Å². The first-order valence-electron chi connectivity index (χ1n) is 8.14. The monoisotopic (exact) mass is 472 g/mol. The van der Waals surface area contributed by atoms with Gasteiger partial charge in [0, 0.05) is 6.42 Å². The molecule has 2 aromatic heterocycles. The van der Waals surface area contributed by atoms with E-state index in [-0.39, 0.29) is 46.2 Å². The third-order valence-corrected chi connectivity index (χ3v) is 5.51. The largest absolute Gasteiger partial charge is 0.462 e. The quantitative estimate of drug-likeness (QED) is 0.269. The molecule has 0 aliphatic carbocycles. The van der Waals surface area contributed by atoms with Gasteiger partial charge in [-0.25, -0.2) is 4.79 Å². The van der Waals surface area contributed by atoms with Gasteiger partial charge in [0.05, 0.1) is 34.9 Å². The van der Waals surface area contributed by atoms with Crippen LogP contribution in [0.4, 0.5) is 10.8 Å². The van der Waals surface area contributed by atoms with Crippen LogP contribution < -0.4 is 5.32 Å². The second-order valence-corrected chi connectivity index (χ2v) is 7.53. The summed E-state index contributed by atoms with van der Waals surface area (Å²) in [5, 5.41) is 17.4. The van der Waals surface area contributed by atoms with Crippen LogP contribution in [0.2, 0.25) is 0 Å². The number of rotatable bonds is 8. The standard InChI is InChI=1S/C16H17BrN4O6S/c1-4-27-16(24)12-8(2)13(9(3)22)28-15(12)18-11(23)5-6-20-7-10(17)14(19-20)21(25)26/h7H,4-6H2,1-3H3,(H,18,23). The third-order valence-electron chi connectivity index (χ3n) is 3.64. The van der Waals surface area contributed by atoms with E-state index < -0.39 is 16.8 Å². The Morgan fingerprint density at radius 2 is 2.11 bits per heavy atom. The van der Waals surface area contributed by atoms with Crippen LogP contribution in [-0.2, 0) is 16.1 Å². The molecule has 12 heteroatoms. The number of amides is 1. The Hall–Kier alpha value is -2.60. The number of thiophene rings is 1. The van der Waals surface area contributed by atoms with E-state index in [4.69, 9.17) is 4.74 Å². The SMILES string of the molecule is CCOC(=O)c1c(NC(=O)CCn2cc(Br)c([N+](=O)[O-])n2)sc(C(C)=O)c1C. The van der Waals surface area contributed by atoms with Crippen LogP contribution in [0, 0.1) is 17.0 Å². The topological polar surface area (TPSA) is 133 Å². The van der Waals surface area contributed by atoms with Crippen LogP contribution in [0.1, 0.15) is 45.9 Å². The number of ketones is 1. The van der Waals surface area contributed by atoms with E-state index in [1.165, 1.54) is 17.8 Å². The van der Waals surface area contributed by atoms with Crippen LogP contribution in [0.25, 0.3) is 0 Å². The number of ether oxygens (including phenoxy) is 1. The van der Waals surface area contributed by atoms with Crippen molar-refractivity contribution in [1.82, 2.24) is 9.78 Å². The van der Waals surface area contributed by atoms with Crippen LogP contribution in [0.3, 0.4) is 0 Å². The van der Waals surface area contributed by atoms with Crippen LogP contribution in [-0.4, -0.2) is 39.0 Å². The molecule has 0 radical (unpaired) electrons. The fraction of sp³-hybridized carbons (Fsp3) is 0.375. The highest BCUT2D eigenvalue weighted by Gasteiger charge is 2.25. The van der Waals surface area contributed by atoms with Gasteiger partial charge in [0.2, 0.25) is 5.91 Å². The summed E-state index contributed by atoms with van der Waals surface area (Å²) in [4.78, 5) is 46.8. The zero-order chi connectivity index (χ0) is 21.0. The van der Waals surface area contributed by atoms with Crippen molar-refractivity contribution in [3.63, 3.8) is 0 Å². The van der Waals surface area contributed by atoms with Crippen molar-refractivity contribution in [2.45, 2.75) is 33.7 Å². The highest BCUT2D eigenvalue weighted by Crippen LogP contribution is 2.34. The number of aromatic nitrogens is 2. The minimum atomic E-state index is -0.635. The molecule has 0 bridgehead atoms. The number of carbonyl (C=O) groups is 3. The molecule has 2 heterocycles. The normalized spacial score (nSPS) is 10.6. The molecular weight excluding hydrogens is 456 g/mol. The number of nitro groups is 1. The maximum absolute atomic E-state index is 12.3. The fourth-order valence-electron chi connectivity index (χ4n) is 2.42. The number of anilines is 1. The summed E-state index contributed by atoms with van der Waals surface area (Å²) in [6.45, 7) is 4.91. The van der Waals surface area contributed by atoms with Gasteiger partial charge in [-0.2, -0.15) is 4.68 Å². The highest BCUT2D eigenvalue weighted by atomic mass is 79.9. The van der Waals surface area contributed by atoms with Crippen molar-refractivity contribution in [2.75, 3.05) is 11.9 Å². The minimum absolute atomic E-state index is 0.0418. The van der Waals surface area contributed by atoms with Gasteiger partial charge in [-0.15, -0.1) is 11.3 Å². The Bertz CT molecular complexity index is 951. The summed E-state index contributed by atoms with van der Waals surface area (Å²) in [5.74, 6) is -1.62. The Balaban J connectivity index is 2.15. The predicted molar refractivity (Wildman–Crippen MR) is 105 cm³/mol. The van der Waals surface area contributed by atoms with Crippen LogP contribution >= 0.6 is 27.3 Å². The molecule has 0 atom stereocenters. The van der Waals surface area contributed by atoms with Gasteiger partial charge in [0.15, 0.2) is 5.78 Å². The van der Waals surface area contributed by atoms with Crippen molar-refractivity contribution in [3.8, 4) is 0 Å². The van der Waals surface area contributed by atoms with Gasteiger partial charge in [0.1, 0.15) is 9.47 Å². The Morgan fingerprint density at radius 3 is 2.64 bits per heavy atom. The molecule has 150 valence electrons. The maximum Gasteiger partial charge on any atom is 0.404 e. The van der Waals surface area contributed by atoms with Gasteiger partial charge >= 0.3 is 11.8 Å². The molecule has 0 aromatic carbocycles. The molecule has 0 aliphatic heterocycles. The average molecular weight is 473 g/mol. The molecule has 2 aromatic rings. The van der Waals surface area contributed by atoms with Crippen LogP contribution in [0.5, 0.6) is 0 Å². The number of carbonyl (C=O) groups excluding carboxylic acids is 3. The third kappa shape index (κ3) is 4.81. The minimum Gasteiger partial charge on any atom is -0.462 e. The maximum atomic E-state index is 12.3. The molecule has 0 unspecified atom stereocenters. The highest BCUT2D eigenvalue weighted by molar-refractivity contribution is 9.10. The molecule has 0 aliphatic rings. The summed E-state index contributed by atoms with van der Waals surface area (Å²) < 4.78 is 6.50. The van der Waals surface area contributed by atoms with Crippen molar-refractivity contribution < 1.29 is 24.0 Å². The number of Topliss-reactive ketones (excluding diaryl/α,β-unsaturated/α-hetero) is 1. The molecule has 10 nitrogen and oxygen atoms in total. The molecule has 0 spiro atoms. The van der Waals surface area contributed by atoms with Gasteiger partial charge < -0.3 is 20.2 Å². The van der Waals surface area contributed by atoms with Crippen molar-refractivity contribution in [2.24, 2.45) is 0 Å². The van der Waals surface area contributed by atoms with Gasteiger partial charge in [-0.1, -0.05) is 0 Å². The molecular formula is C16H17BrN4O6S. The molecule has 0 fully saturated rings. The van der Waals surface area contributed by atoms with Gasteiger partial charge in [-0.05, 0) is 47.2 Å². The van der Waals surface area contributed by atoms with Crippen molar-refractivity contribution >= 4 is 55.7 Å². The number of nitrogens with zero attached hydrogens (tertiary/aromatic N) is 3. The van der Waals surface area contributed by atoms with E-state index in [2.05, 4.69) is 26.3 Å². The number of aryl methyl sites for hydroxylation is 1. The molecule has 0 saturated carbocycles. The zero-order valence-electron chi connectivity index (χ0n) is 15.3. The smallest absolute Gasteiger partial charge is 0.404 e. The van der Waals surface area contributed by atoms with E-state index in [0.29, 0.717) is 10.4 Å². The fourth-order valence-corrected chi connectivity index (χ4v) is 3.98. The average Bonchev–Trinajstić information content (AvgIpc) is 3.13.